The van der Waals surface area contributed by atoms with Crippen molar-refractivity contribution in [2.24, 2.45) is 0 Å². The molecule has 0 aliphatic carbocycles. The highest BCUT2D eigenvalue weighted by molar-refractivity contribution is 9.10. The first-order valence-corrected chi connectivity index (χ1v) is 10.2. The number of para-hydroxylation sites is 1. The molecule has 0 heterocycles. The number of hydrogen-bond acceptors (Lipinski definition) is 4. The van der Waals surface area contributed by atoms with Crippen LogP contribution >= 0.6 is 15.9 Å². The highest BCUT2D eigenvalue weighted by Crippen LogP contribution is 2.19. The van der Waals surface area contributed by atoms with Gasteiger partial charge in [-0.05, 0) is 47.5 Å². The number of ketones is 1. The van der Waals surface area contributed by atoms with Crippen molar-refractivity contribution in [3.63, 3.8) is 0 Å². The third-order valence-electron chi connectivity index (χ3n) is 4.45. The Labute approximate surface area is 184 Å². The summed E-state index contributed by atoms with van der Waals surface area (Å²) in [5.74, 6) is 0.818. The van der Waals surface area contributed by atoms with Crippen LogP contribution < -0.4 is 14.8 Å². The molecule has 0 aliphatic rings. The van der Waals surface area contributed by atoms with E-state index in [0.29, 0.717) is 17.9 Å². The van der Waals surface area contributed by atoms with Gasteiger partial charge < -0.3 is 14.8 Å². The van der Waals surface area contributed by atoms with Crippen molar-refractivity contribution in [2.45, 2.75) is 13.0 Å². The number of methoxy groups -OCH3 is 1. The molecule has 0 saturated carbocycles. The van der Waals surface area contributed by atoms with Crippen LogP contribution in [-0.2, 0) is 17.8 Å². The molecule has 0 fully saturated rings. The van der Waals surface area contributed by atoms with E-state index in [1.54, 1.807) is 31.4 Å². The Morgan fingerprint density at radius 3 is 2.27 bits per heavy atom. The summed E-state index contributed by atoms with van der Waals surface area (Å²) in [5.41, 5.74) is 2.26. The predicted molar refractivity (Wildman–Crippen MR) is 119 cm³/mol. The molecule has 0 aromatic heterocycles. The summed E-state index contributed by atoms with van der Waals surface area (Å²) in [6.45, 7) is 0.276. The normalized spacial score (nSPS) is 10.3. The first-order valence-electron chi connectivity index (χ1n) is 9.44. The SMILES string of the molecule is COc1ccc(CNC(=O)c2ccccc2OCC(=O)Cc2ccc(Br)cc2)cc1. The van der Waals surface area contributed by atoms with E-state index in [2.05, 4.69) is 21.2 Å². The Balaban J connectivity index is 1.56. The number of nitrogens with one attached hydrogen (secondary N) is 1. The largest absolute Gasteiger partial charge is 0.497 e. The van der Waals surface area contributed by atoms with Crippen molar-refractivity contribution < 1.29 is 19.1 Å². The average molecular weight is 468 g/mol. The van der Waals surface area contributed by atoms with Crippen LogP contribution in [0, 0.1) is 0 Å². The molecule has 1 N–H and O–H groups in total. The smallest absolute Gasteiger partial charge is 0.255 e. The molecule has 0 bridgehead atoms. The van der Waals surface area contributed by atoms with Crippen molar-refractivity contribution >= 4 is 27.6 Å². The number of rotatable bonds is 9. The molecular weight excluding hydrogens is 446 g/mol. The lowest BCUT2D eigenvalue weighted by molar-refractivity contribution is -0.120. The molecule has 0 radical (unpaired) electrons. The molecule has 154 valence electrons. The van der Waals surface area contributed by atoms with Crippen LogP contribution in [0.15, 0.2) is 77.3 Å². The van der Waals surface area contributed by atoms with Gasteiger partial charge in [0.1, 0.15) is 18.1 Å². The lowest BCUT2D eigenvalue weighted by Gasteiger charge is -2.12. The third kappa shape index (κ3) is 6.19. The minimum atomic E-state index is -0.262. The van der Waals surface area contributed by atoms with Crippen LogP contribution in [0.1, 0.15) is 21.5 Å². The van der Waals surface area contributed by atoms with E-state index in [1.165, 1.54) is 0 Å². The fourth-order valence-electron chi connectivity index (χ4n) is 2.84. The Morgan fingerprint density at radius 1 is 0.900 bits per heavy atom. The Hall–Kier alpha value is -3.12. The van der Waals surface area contributed by atoms with Gasteiger partial charge in [0, 0.05) is 17.4 Å². The summed E-state index contributed by atoms with van der Waals surface area (Å²) in [5, 5.41) is 2.88. The van der Waals surface area contributed by atoms with Crippen LogP contribution in [0.4, 0.5) is 0 Å². The highest BCUT2D eigenvalue weighted by Gasteiger charge is 2.13. The first kappa shape index (κ1) is 21.6. The summed E-state index contributed by atoms with van der Waals surface area (Å²) in [7, 11) is 1.61. The van der Waals surface area contributed by atoms with Crippen molar-refractivity contribution in [1.82, 2.24) is 5.32 Å². The fraction of sp³-hybridized carbons (Fsp3) is 0.167. The molecular formula is C24H22BrNO4. The minimum absolute atomic E-state index is 0.0641. The minimum Gasteiger partial charge on any atom is -0.497 e. The number of ether oxygens (including phenoxy) is 2. The second-order valence-corrected chi connectivity index (χ2v) is 7.57. The maximum atomic E-state index is 12.6. The van der Waals surface area contributed by atoms with E-state index < -0.39 is 0 Å². The van der Waals surface area contributed by atoms with Gasteiger partial charge in [-0.3, -0.25) is 9.59 Å². The fourth-order valence-corrected chi connectivity index (χ4v) is 3.10. The van der Waals surface area contributed by atoms with Gasteiger partial charge in [-0.25, -0.2) is 0 Å². The quantitative estimate of drug-likeness (QED) is 0.500. The van der Waals surface area contributed by atoms with E-state index in [0.717, 1.165) is 21.3 Å². The summed E-state index contributed by atoms with van der Waals surface area (Å²) < 4.78 is 11.8. The summed E-state index contributed by atoms with van der Waals surface area (Å²) in [6.07, 6.45) is 0.277. The molecule has 5 nitrogen and oxygen atoms in total. The molecule has 0 spiro atoms. The molecule has 3 rings (SSSR count). The van der Waals surface area contributed by atoms with Crippen LogP contribution in [0.5, 0.6) is 11.5 Å². The first-order chi connectivity index (χ1) is 14.5. The number of carbonyl (C=O) groups is 2. The number of carbonyl (C=O) groups excluding carboxylic acids is 2. The lowest BCUT2D eigenvalue weighted by Crippen LogP contribution is -2.24. The van der Waals surface area contributed by atoms with Crippen molar-refractivity contribution in [3.05, 3.63) is 94.0 Å². The van der Waals surface area contributed by atoms with Gasteiger partial charge in [0.25, 0.3) is 5.91 Å². The number of halogens is 1. The zero-order valence-electron chi connectivity index (χ0n) is 16.6. The molecule has 1 amide bonds. The Kier molecular flexibility index (Phi) is 7.63. The van der Waals surface area contributed by atoms with Gasteiger partial charge in [0.05, 0.1) is 12.7 Å². The maximum absolute atomic E-state index is 12.6. The van der Waals surface area contributed by atoms with Crippen LogP contribution in [-0.4, -0.2) is 25.4 Å². The molecule has 3 aromatic carbocycles. The molecule has 30 heavy (non-hydrogen) atoms. The van der Waals surface area contributed by atoms with Gasteiger partial charge in [-0.1, -0.05) is 52.3 Å². The Morgan fingerprint density at radius 2 is 1.57 bits per heavy atom. The predicted octanol–water partition coefficient (Wildman–Crippen LogP) is 4.58. The van der Waals surface area contributed by atoms with Crippen molar-refractivity contribution in [2.75, 3.05) is 13.7 Å². The monoisotopic (exact) mass is 467 g/mol. The topological polar surface area (TPSA) is 64.6 Å². The number of hydrogen-bond donors (Lipinski definition) is 1. The van der Waals surface area contributed by atoms with Crippen LogP contribution in [0.25, 0.3) is 0 Å². The standard InChI is InChI=1S/C24H22BrNO4/c1-29-21-12-8-18(9-13-21)15-26-24(28)22-4-2-3-5-23(22)30-16-20(27)14-17-6-10-19(25)11-7-17/h2-13H,14-16H2,1H3,(H,26,28). The summed E-state index contributed by atoms with van der Waals surface area (Å²) in [6, 6.07) is 21.9. The van der Waals surface area contributed by atoms with Gasteiger partial charge in [-0.2, -0.15) is 0 Å². The van der Waals surface area contributed by atoms with Gasteiger partial charge in [-0.15, -0.1) is 0 Å². The van der Waals surface area contributed by atoms with Crippen molar-refractivity contribution in [1.29, 1.82) is 0 Å². The third-order valence-corrected chi connectivity index (χ3v) is 4.98. The van der Waals surface area contributed by atoms with Gasteiger partial charge >= 0.3 is 0 Å². The number of Topliss-reactive ketones (excluding diaryl/α,β-unsaturated/α-hetero) is 1. The van der Waals surface area contributed by atoms with Gasteiger partial charge in [0.2, 0.25) is 0 Å². The molecule has 0 unspecified atom stereocenters. The van der Waals surface area contributed by atoms with E-state index in [-0.39, 0.29) is 24.7 Å². The van der Waals surface area contributed by atoms with E-state index in [9.17, 15) is 9.59 Å². The molecule has 6 heteroatoms. The molecule has 0 atom stereocenters. The van der Waals surface area contributed by atoms with E-state index in [1.807, 2.05) is 48.5 Å². The molecule has 0 saturated heterocycles. The Bertz CT molecular complexity index is 1000. The zero-order chi connectivity index (χ0) is 21.3. The number of amides is 1. The zero-order valence-corrected chi connectivity index (χ0v) is 18.1. The highest BCUT2D eigenvalue weighted by atomic mass is 79.9. The maximum Gasteiger partial charge on any atom is 0.255 e. The van der Waals surface area contributed by atoms with Crippen LogP contribution in [0.3, 0.4) is 0 Å². The molecule has 3 aromatic rings. The van der Waals surface area contributed by atoms with E-state index in [4.69, 9.17) is 9.47 Å². The van der Waals surface area contributed by atoms with Gasteiger partial charge in [0.15, 0.2) is 5.78 Å². The summed E-state index contributed by atoms with van der Waals surface area (Å²) >= 11 is 3.38. The van der Waals surface area contributed by atoms with E-state index >= 15 is 0 Å². The second-order valence-electron chi connectivity index (χ2n) is 6.66. The van der Waals surface area contributed by atoms with Crippen LogP contribution in [0.2, 0.25) is 0 Å². The number of benzene rings is 3. The second kappa shape index (κ2) is 10.6. The average Bonchev–Trinajstić information content (AvgIpc) is 2.78. The summed E-state index contributed by atoms with van der Waals surface area (Å²) in [4.78, 5) is 24.9. The lowest BCUT2D eigenvalue weighted by atomic mass is 10.1. The van der Waals surface area contributed by atoms with Crippen molar-refractivity contribution in [3.8, 4) is 11.5 Å². The molecule has 0 aliphatic heterocycles.